The molecule has 168 valence electrons. The Balaban J connectivity index is 1.38. The number of ether oxygens (including phenoxy) is 3. The molecule has 0 bridgehead atoms. The molecule has 0 saturated carbocycles. The summed E-state index contributed by atoms with van der Waals surface area (Å²) in [6, 6.07) is 8.12. The predicted octanol–water partition coefficient (Wildman–Crippen LogP) is 4.62. The summed E-state index contributed by atoms with van der Waals surface area (Å²) in [5, 5.41) is 3.98. The van der Waals surface area contributed by atoms with Crippen LogP contribution in [-0.4, -0.2) is 55.0 Å². The van der Waals surface area contributed by atoms with Gasteiger partial charge in [-0.1, -0.05) is 11.6 Å². The first-order valence-electron chi connectivity index (χ1n) is 10.5. The third kappa shape index (κ3) is 4.18. The first-order valence-corrected chi connectivity index (χ1v) is 10.9. The van der Waals surface area contributed by atoms with Crippen LogP contribution in [0.2, 0.25) is 5.02 Å². The Morgan fingerprint density at radius 1 is 1.22 bits per heavy atom. The molecular formula is C23H24ClFN4O3. The molecule has 0 amide bonds. The Morgan fingerprint density at radius 2 is 2.12 bits per heavy atom. The zero-order chi connectivity index (χ0) is 22.1. The molecule has 32 heavy (non-hydrogen) atoms. The van der Waals surface area contributed by atoms with Crippen molar-refractivity contribution in [1.29, 1.82) is 0 Å². The largest absolute Gasteiger partial charge is 0.493 e. The monoisotopic (exact) mass is 458 g/mol. The van der Waals surface area contributed by atoms with Gasteiger partial charge in [0.15, 0.2) is 11.5 Å². The van der Waals surface area contributed by atoms with Crippen LogP contribution in [0, 0.1) is 11.2 Å². The molecular weight excluding hydrogens is 435 g/mol. The average Bonchev–Trinajstić information content (AvgIpc) is 3.43. The fourth-order valence-electron chi connectivity index (χ4n) is 4.42. The fourth-order valence-corrected chi connectivity index (χ4v) is 4.60. The highest BCUT2D eigenvalue weighted by atomic mass is 35.5. The van der Waals surface area contributed by atoms with Crippen molar-refractivity contribution in [1.82, 2.24) is 14.9 Å². The molecule has 1 aromatic heterocycles. The maximum absolute atomic E-state index is 13.5. The molecule has 1 unspecified atom stereocenters. The van der Waals surface area contributed by atoms with E-state index in [1.807, 2.05) is 12.1 Å². The first-order chi connectivity index (χ1) is 15.5. The standard InChI is InChI=1S/C23H24ClFN4O3/c1-30-20-10-19-16(22(27-13-26-19)28-15-2-3-18(25)17(24)8-15)9-21(20)32-14-29-6-4-23(11-29)5-7-31-12-23/h2-3,8-10,13H,4-7,11-12,14H2,1H3,(H,26,27,28). The minimum absolute atomic E-state index is 0.0371. The number of hydrogen-bond donors (Lipinski definition) is 1. The summed E-state index contributed by atoms with van der Waals surface area (Å²) in [6.45, 7) is 4.11. The molecule has 5 rings (SSSR count). The molecule has 2 aromatic carbocycles. The maximum atomic E-state index is 13.5. The van der Waals surface area contributed by atoms with Gasteiger partial charge in [-0.3, -0.25) is 4.90 Å². The molecule has 2 fully saturated rings. The second-order valence-corrected chi connectivity index (χ2v) is 8.78. The molecule has 1 N–H and O–H groups in total. The van der Waals surface area contributed by atoms with Gasteiger partial charge in [0, 0.05) is 42.3 Å². The lowest BCUT2D eigenvalue weighted by molar-refractivity contribution is 0.119. The predicted molar refractivity (Wildman–Crippen MR) is 120 cm³/mol. The van der Waals surface area contributed by atoms with E-state index < -0.39 is 5.82 Å². The maximum Gasteiger partial charge on any atom is 0.164 e. The molecule has 9 heteroatoms. The van der Waals surface area contributed by atoms with Crippen LogP contribution in [0.25, 0.3) is 10.9 Å². The van der Waals surface area contributed by atoms with E-state index >= 15 is 0 Å². The van der Waals surface area contributed by atoms with Crippen molar-refractivity contribution in [3.05, 3.63) is 47.5 Å². The highest BCUT2D eigenvalue weighted by Gasteiger charge is 2.41. The lowest BCUT2D eigenvalue weighted by Crippen LogP contribution is -2.30. The van der Waals surface area contributed by atoms with Crippen molar-refractivity contribution < 1.29 is 18.6 Å². The molecule has 7 nitrogen and oxygen atoms in total. The lowest BCUT2D eigenvalue weighted by Gasteiger charge is -2.22. The summed E-state index contributed by atoms with van der Waals surface area (Å²) in [5.41, 5.74) is 1.59. The first kappa shape index (κ1) is 21.2. The summed E-state index contributed by atoms with van der Waals surface area (Å²) in [5.74, 6) is 1.30. The van der Waals surface area contributed by atoms with Gasteiger partial charge >= 0.3 is 0 Å². The number of benzene rings is 2. The summed E-state index contributed by atoms with van der Waals surface area (Å²) >= 11 is 5.91. The van der Waals surface area contributed by atoms with Gasteiger partial charge < -0.3 is 19.5 Å². The van der Waals surface area contributed by atoms with E-state index in [4.69, 9.17) is 25.8 Å². The Kier molecular flexibility index (Phi) is 5.75. The highest BCUT2D eigenvalue weighted by Crippen LogP contribution is 2.39. The number of rotatable bonds is 6. The zero-order valence-electron chi connectivity index (χ0n) is 17.7. The van der Waals surface area contributed by atoms with Gasteiger partial charge in [-0.05, 0) is 37.1 Å². The highest BCUT2D eigenvalue weighted by molar-refractivity contribution is 6.31. The van der Waals surface area contributed by atoms with Crippen molar-refractivity contribution in [2.75, 3.05) is 45.5 Å². The molecule has 3 aromatic rings. The van der Waals surface area contributed by atoms with E-state index in [2.05, 4.69) is 20.2 Å². The number of halogens is 2. The number of fused-ring (bicyclic) bond motifs is 1. The van der Waals surface area contributed by atoms with Crippen LogP contribution in [0.3, 0.4) is 0 Å². The zero-order valence-corrected chi connectivity index (χ0v) is 18.5. The van der Waals surface area contributed by atoms with Crippen molar-refractivity contribution in [2.45, 2.75) is 12.8 Å². The fraction of sp³-hybridized carbons (Fsp3) is 0.391. The van der Waals surface area contributed by atoms with Gasteiger partial charge in [0.25, 0.3) is 0 Å². The van der Waals surface area contributed by atoms with Gasteiger partial charge in [-0.2, -0.15) is 0 Å². The van der Waals surface area contributed by atoms with Crippen molar-refractivity contribution in [3.8, 4) is 11.5 Å². The van der Waals surface area contributed by atoms with E-state index in [9.17, 15) is 4.39 Å². The third-order valence-electron chi connectivity index (χ3n) is 6.21. The molecule has 0 radical (unpaired) electrons. The average molecular weight is 459 g/mol. The van der Waals surface area contributed by atoms with E-state index in [1.165, 1.54) is 18.5 Å². The minimum atomic E-state index is -0.474. The Bertz CT molecular complexity index is 1140. The van der Waals surface area contributed by atoms with E-state index in [0.29, 0.717) is 35.3 Å². The van der Waals surface area contributed by atoms with Crippen LogP contribution < -0.4 is 14.8 Å². The van der Waals surface area contributed by atoms with Crippen LogP contribution in [0.5, 0.6) is 11.5 Å². The third-order valence-corrected chi connectivity index (χ3v) is 6.50. The van der Waals surface area contributed by atoms with E-state index in [0.717, 1.165) is 44.5 Å². The number of anilines is 2. The van der Waals surface area contributed by atoms with Crippen LogP contribution in [-0.2, 0) is 4.74 Å². The summed E-state index contributed by atoms with van der Waals surface area (Å²) in [4.78, 5) is 11.0. The minimum Gasteiger partial charge on any atom is -0.493 e. The van der Waals surface area contributed by atoms with E-state index in [1.54, 1.807) is 13.2 Å². The van der Waals surface area contributed by atoms with Crippen molar-refractivity contribution in [3.63, 3.8) is 0 Å². The summed E-state index contributed by atoms with van der Waals surface area (Å²) in [6.07, 6.45) is 3.71. The summed E-state index contributed by atoms with van der Waals surface area (Å²) < 4.78 is 30.8. The second kappa shape index (κ2) is 8.69. The summed E-state index contributed by atoms with van der Waals surface area (Å²) in [7, 11) is 1.61. The van der Waals surface area contributed by atoms with Gasteiger partial charge in [-0.25, -0.2) is 14.4 Å². The number of hydrogen-bond acceptors (Lipinski definition) is 7. The van der Waals surface area contributed by atoms with Crippen molar-refractivity contribution in [2.24, 2.45) is 5.41 Å². The number of methoxy groups -OCH3 is 1. The molecule has 2 aliphatic heterocycles. The molecule has 2 saturated heterocycles. The normalized spacial score (nSPS) is 20.8. The topological polar surface area (TPSA) is 68.7 Å². The number of nitrogens with zero attached hydrogens (tertiary/aromatic N) is 3. The Morgan fingerprint density at radius 3 is 2.91 bits per heavy atom. The molecule has 1 atom stereocenters. The number of likely N-dealkylation sites (tertiary alicyclic amines) is 1. The van der Waals surface area contributed by atoms with Crippen molar-refractivity contribution >= 4 is 34.0 Å². The molecule has 0 aliphatic carbocycles. The Labute approximate surface area is 190 Å². The van der Waals surface area contributed by atoms with Crippen LogP contribution in [0.1, 0.15) is 12.8 Å². The smallest absolute Gasteiger partial charge is 0.164 e. The van der Waals surface area contributed by atoms with Gasteiger partial charge in [0.05, 0.1) is 24.3 Å². The molecule has 1 spiro atoms. The van der Waals surface area contributed by atoms with Crippen LogP contribution in [0.15, 0.2) is 36.7 Å². The van der Waals surface area contributed by atoms with Crippen LogP contribution >= 0.6 is 11.6 Å². The number of nitrogens with one attached hydrogen (secondary N) is 1. The molecule has 2 aliphatic rings. The van der Waals surface area contributed by atoms with Crippen LogP contribution in [0.4, 0.5) is 15.9 Å². The number of aromatic nitrogens is 2. The quantitative estimate of drug-likeness (QED) is 0.577. The second-order valence-electron chi connectivity index (χ2n) is 8.37. The van der Waals surface area contributed by atoms with Gasteiger partial charge in [-0.15, -0.1) is 0 Å². The molecule has 3 heterocycles. The van der Waals surface area contributed by atoms with Gasteiger partial charge in [0.1, 0.15) is 24.7 Å². The SMILES string of the molecule is COc1cc2ncnc(Nc3ccc(F)c(Cl)c3)c2cc1OCN1CCC2(CCOC2)C1. The Hall–Kier alpha value is -2.68. The van der Waals surface area contributed by atoms with E-state index in [-0.39, 0.29) is 10.4 Å². The van der Waals surface area contributed by atoms with Gasteiger partial charge in [0.2, 0.25) is 0 Å². The lowest BCUT2D eigenvalue weighted by atomic mass is 9.87.